The Morgan fingerprint density at radius 3 is 2.55 bits per heavy atom. The molecule has 0 bridgehead atoms. The molecule has 0 saturated heterocycles. The zero-order valence-corrected chi connectivity index (χ0v) is 12.0. The van der Waals surface area contributed by atoms with Gasteiger partial charge in [-0.3, -0.25) is 4.79 Å². The summed E-state index contributed by atoms with van der Waals surface area (Å²) >= 11 is 0. The summed E-state index contributed by atoms with van der Waals surface area (Å²) in [4.78, 5) is 17.4. The number of rotatable bonds is 3. The summed E-state index contributed by atoms with van der Waals surface area (Å²) in [7, 11) is 0. The highest BCUT2D eigenvalue weighted by molar-refractivity contribution is 6.06. The predicted molar refractivity (Wildman–Crippen MR) is 82.2 cm³/mol. The maximum absolute atomic E-state index is 12.9. The van der Waals surface area contributed by atoms with Gasteiger partial charge < -0.3 is 10.2 Å². The van der Waals surface area contributed by atoms with Crippen LogP contribution in [0.25, 0.3) is 0 Å². The molecule has 22 heavy (non-hydrogen) atoms. The third-order valence-electron chi connectivity index (χ3n) is 3.46. The smallest absolute Gasteiger partial charge is 0.268 e. The Morgan fingerprint density at radius 2 is 1.86 bits per heavy atom. The minimum Gasteiger partial charge on any atom is -0.382 e. The number of carbonyl (C=O) groups is 1. The van der Waals surface area contributed by atoms with Crippen molar-refractivity contribution in [2.75, 3.05) is 5.32 Å². The van der Waals surface area contributed by atoms with Crippen molar-refractivity contribution in [3.8, 4) is 0 Å². The average molecular weight is 298 g/mol. The van der Waals surface area contributed by atoms with Gasteiger partial charge in [0.2, 0.25) is 6.10 Å². The SMILES string of the molecule is Cc1ccc(NC(=O)[C@@H]2CC(c3ccc(F)cc3)=NO2)cc1. The number of hydrogen-bond donors (Lipinski definition) is 1. The summed E-state index contributed by atoms with van der Waals surface area (Å²) in [5.41, 5.74) is 3.24. The number of hydrogen-bond acceptors (Lipinski definition) is 3. The molecule has 0 radical (unpaired) electrons. The Hall–Kier alpha value is -2.69. The van der Waals surface area contributed by atoms with Crippen LogP contribution >= 0.6 is 0 Å². The third kappa shape index (κ3) is 3.14. The fraction of sp³-hybridized carbons (Fsp3) is 0.176. The van der Waals surface area contributed by atoms with Gasteiger partial charge in [-0.1, -0.05) is 35.0 Å². The number of anilines is 1. The van der Waals surface area contributed by atoms with Crippen LogP contribution in [0.3, 0.4) is 0 Å². The summed E-state index contributed by atoms with van der Waals surface area (Å²) < 4.78 is 12.9. The van der Waals surface area contributed by atoms with Gasteiger partial charge in [-0.2, -0.15) is 0 Å². The quantitative estimate of drug-likeness (QED) is 0.945. The van der Waals surface area contributed by atoms with Crippen molar-refractivity contribution in [2.24, 2.45) is 5.16 Å². The minimum atomic E-state index is -0.665. The van der Waals surface area contributed by atoms with Gasteiger partial charge in [0.05, 0.1) is 5.71 Å². The van der Waals surface area contributed by atoms with E-state index in [1.165, 1.54) is 12.1 Å². The van der Waals surface area contributed by atoms with E-state index >= 15 is 0 Å². The largest absolute Gasteiger partial charge is 0.382 e. The second kappa shape index (κ2) is 5.97. The van der Waals surface area contributed by atoms with E-state index in [2.05, 4.69) is 10.5 Å². The number of nitrogens with zero attached hydrogens (tertiary/aromatic N) is 1. The first-order valence-electron chi connectivity index (χ1n) is 6.98. The van der Waals surface area contributed by atoms with Gasteiger partial charge in [0.25, 0.3) is 5.91 Å². The molecule has 1 aliphatic rings. The molecule has 1 heterocycles. The third-order valence-corrected chi connectivity index (χ3v) is 3.46. The van der Waals surface area contributed by atoms with Crippen molar-refractivity contribution in [1.29, 1.82) is 0 Å². The molecule has 4 nitrogen and oxygen atoms in total. The van der Waals surface area contributed by atoms with E-state index in [0.29, 0.717) is 12.1 Å². The van der Waals surface area contributed by atoms with Gasteiger partial charge in [-0.25, -0.2) is 4.39 Å². The van der Waals surface area contributed by atoms with Crippen LogP contribution in [-0.2, 0) is 9.63 Å². The lowest BCUT2D eigenvalue weighted by Crippen LogP contribution is -2.28. The normalized spacial score (nSPS) is 16.8. The van der Waals surface area contributed by atoms with Crippen molar-refractivity contribution in [1.82, 2.24) is 0 Å². The maximum atomic E-state index is 12.9. The van der Waals surface area contributed by atoms with Gasteiger partial charge in [-0.05, 0) is 36.8 Å². The fourth-order valence-electron chi connectivity index (χ4n) is 2.19. The Labute approximate surface area is 127 Å². The van der Waals surface area contributed by atoms with Crippen LogP contribution in [0, 0.1) is 12.7 Å². The highest BCUT2D eigenvalue weighted by Gasteiger charge is 2.28. The zero-order valence-electron chi connectivity index (χ0n) is 12.0. The molecule has 0 saturated carbocycles. The second-order valence-electron chi connectivity index (χ2n) is 5.20. The summed E-state index contributed by atoms with van der Waals surface area (Å²) in [6.07, 6.45) is -0.301. The van der Waals surface area contributed by atoms with Crippen molar-refractivity contribution in [3.63, 3.8) is 0 Å². The molecule has 2 aromatic carbocycles. The summed E-state index contributed by atoms with van der Waals surface area (Å²) in [5, 5.41) is 6.72. The molecule has 112 valence electrons. The average Bonchev–Trinajstić information content (AvgIpc) is 3.00. The molecule has 0 aromatic heterocycles. The molecule has 1 amide bonds. The van der Waals surface area contributed by atoms with Crippen molar-refractivity contribution < 1.29 is 14.0 Å². The lowest BCUT2D eigenvalue weighted by molar-refractivity contribution is -0.125. The highest BCUT2D eigenvalue weighted by atomic mass is 19.1. The Bertz CT molecular complexity index is 708. The molecule has 5 heteroatoms. The van der Waals surface area contributed by atoms with Crippen molar-refractivity contribution in [3.05, 3.63) is 65.5 Å². The topological polar surface area (TPSA) is 50.7 Å². The van der Waals surface area contributed by atoms with E-state index in [1.54, 1.807) is 12.1 Å². The highest BCUT2D eigenvalue weighted by Crippen LogP contribution is 2.19. The van der Waals surface area contributed by atoms with Crippen LogP contribution in [0.2, 0.25) is 0 Å². The lowest BCUT2D eigenvalue weighted by atomic mass is 10.0. The molecule has 3 rings (SSSR count). The Morgan fingerprint density at radius 1 is 1.18 bits per heavy atom. The molecule has 1 atom stereocenters. The molecule has 0 fully saturated rings. The Kier molecular flexibility index (Phi) is 3.87. The van der Waals surface area contributed by atoms with Gasteiger partial charge in [0.15, 0.2) is 0 Å². The number of carbonyl (C=O) groups excluding carboxylic acids is 1. The number of halogens is 1. The molecule has 0 aliphatic carbocycles. The summed E-state index contributed by atoms with van der Waals surface area (Å²) in [5.74, 6) is -0.554. The van der Waals surface area contributed by atoms with Gasteiger partial charge in [0, 0.05) is 12.1 Å². The number of aryl methyl sites for hydroxylation is 1. The summed E-state index contributed by atoms with van der Waals surface area (Å²) in [6.45, 7) is 1.98. The van der Waals surface area contributed by atoms with E-state index < -0.39 is 6.10 Å². The van der Waals surface area contributed by atoms with Crippen LogP contribution < -0.4 is 5.32 Å². The number of oxime groups is 1. The van der Waals surface area contributed by atoms with Crippen LogP contribution in [0.4, 0.5) is 10.1 Å². The predicted octanol–water partition coefficient (Wildman–Crippen LogP) is 3.27. The monoisotopic (exact) mass is 298 g/mol. The van der Waals surface area contributed by atoms with Gasteiger partial charge in [0.1, 0.15) is 5.82 Å². The van der Waals surface area contributed by atoms with Crippen molar-refractivity contribution in [2.45, 2.75) is 19.4 Å². The van der Waals surface area contributed by atoms with Crippen LogP contribution in [0.5, 0.6) is 0 Å². The molecular formula is C17H15FN2O2. The van der Waals surface area contributed by atoms with Crippen LogP contribution in [0.1, 0.15) is 17.5 Å². The van der Waals surface area contributed by atoms with E-state index in [1.807, 2.05) is 31.2 Å². The summed E-state index contributed by atoms with van der Waals surface area (Å²) in [6, 6.07) is 13.5. The number of amides is 1. The maximum Gasteiger partial charge on any atom is 0.268 e. The van der Waals surface area contributed by atoms with Gasteiger partial charge >= 0.3 is 0 Å². The molecule has 1 aliphatic heterocycles. The lowest BCUT2D eigenvalue weighted by Gasteiger charge is -2.09. The number of benzene rings is 2. The second-order valence-corrected chi connectivity index (χ2v) is 5.20. The van der Waals surface area contributed by atoms with E-state index in [0.717, 1.165) is 16.8 Å². The molecule has 0 unspecified atom stereocenters. The molecule has 1 N–H and O–H groups in total. The van der Waals surface area contributed by atoms with Crippen LogP contribution in [-0.4, -0.2) is 17.7 Å². The van der Waals surface area contributed by atoms with Gasteiger partial charge in [-0.15, -0.1) is 0 Å². The number of nitrogens with one attached hydrogen (secondary N) is 1. The first-order valence-corrected chi connectivity index (χ1v) is 6.98. The molecular weight excluding hydrogens is 283 g/mol. The first kappa shape index (κ1) is 14.3. The van der Waals surface area contributed by atoms with E-state index in [9.17, 15) is 9.18 Å². The van der Waals surface area contributed by atoms with Crippen LogP contribution in [0.15, 0.2) is 53.7 Å². The fourth-order valence-corrected chi connectivity index (χ4v) is 2.19. The van der Waals surface area contributed by atoms with E-state index in [-0.39, 0.29) is 11.7 Å². The standard InChI is InChI=1S/C17H15FN2O2/c1-11-2-8-14(9-3-11)19-17(21)16-10-15(20-22-16)12-4-6-13(18)7-5-12/h2-9,16H,10H2,1H3,(H,19,21)/t16-/m0/s1. The minimum absolute atomic E-state index is 0.246. The van der Waals surface area contributed by atoms with Crippen molar-refractivity contribution >= 4 is 17.3 Å². The zero-order chi connectivity index (χ0) is 15.5. The van der Waals surface area contributed by atoms with E-state index in [4.69, 9.17) is 4.84 Å². The Balaban J connectivity index is 1.62. The molecule has 2 aromatic rings. The molecule has 0 spiro atoms. The first-order chi connectivity index (χ1) is 10.6.